The number of unbranched alkanes of at least 4 members (excludes halogenated alkanes) is 1. The summed E-state index contributed by atoms with van der Waals surface area (Å²) in [4.78, 5) is 9.38. The zero-order valence-corrected chi connectivity index (χ0v) is 19.7. The average molecular weight is 483 g/mol. The summed E-state index contributed by atoms with van der Waals surface area (Å²) >= 11 is 6.00. The number of halogens is 3. The van der Waals surface area contributed by atoms with E-state index in [0.717, 1.165) is 61.2 Å². The van der Waals surface area contributed by atoms with Gasteiger partial charge in [-0.05, 0) is 61.9 Å². The van der Waals surface area contributed by atoms with Crippen LogP contribution in [-0.2, 0) is 11.2 Å². The van der Waals surface area contributed by atoms with Gasteiger partial charge >= 0.3 is 0 Å². The standard InChI is InChI=1S/C26H25ClF2N4O/c1-2-3-6-16-11-24-23(30-14-16)9-8-22(31-24)18-15-33(25-7-4-5-10-34-25)32-26(18)17-12-19(27)21(29)13-20(17)28/h8-9,11-15,25H,2-7,10H2,1H3. The van der Waals surface area contributed by atoms with Gasteiger partial charge in [0.25, 0.3) is 0 Å². The van der Waals surface area contributed by atoms with Crippen molar-refractivity contribution in [1.29, 1.82) is 0 Å². The van der Waals surface area contributed by atoms with Gasteiger partial charge in [-0.25, -0.2) is 18.4 Å². The minimum absolute atomic E-state index is 0.118. The van der Waals surface area contributed by atoms with Crippen LogP contribution in [0.25, 0.3) is 33.5 Å². The number of benzene rings is 1. The number of hydrogen-bond acceptors (Lipinski definition) is 4. The molecule has 0 N–H and O–H groups in total. The Hall–Kier alpha value is -2.90. The highest BCUT2D eigenvalue weighted by Gasteiger charge is 2.24. The van der Waals surface area contributed by atoms with Crippen LogP contribution < -0.4 is 0 Å². The molecule has 34 heavy (non-hydrogen) atoms. The predicted molar refractivity (Wildman–Crippen MR) is 129 cm³/mol. The van der Waals surface area contributed by atoms with Crippen LogP contribution in [0.15, 0.2) is 42.7 Å². The molecule has 1 saturated heterocycles. The number of ether oxygens (including phenoxy) is 1. The lowest BCUT2D eigenvalue weighted by molar-refractivity contribution is -0.0393. The van der Waals surface area contributed by atoms with Crippen LogP contribution in [0.1, 0.15) is 50.8 Å². The molecule has 0 amide bonds. The first kappa shape index (κ1) is 22.9. The maximum atomic E-state index is 14.9. The molecule has 0 spiro atoms. The van der Waals surface area contributed by atoms with Crippen molar-refractivity contribution in [1.82, 2.24) is 19.7 Å². The molecule has 5 nitrogen and oxygen atoms in total. The van der Waals surface area contributed by atoms with Crippen LogP contribution in [0.4, 0.5) is 8.78 Å². The molecule has 0 saturated carbocycles. The van der Waals surface area contributed by atoms with Crippen LogP contribution in [0.3, 0.4) is 0 Å². The number of fused-ring (bicyclic) bond motifs is 1. The Kier molecular flexibility index (Phi) is 6.57. The fraction of sp³-hybridized carbons (Fsp3) is 0.346. The number of aryl methyl sites for hydroxylation is 1. The Labute approximate surface area is 201 Å². The molecular formula is C26H25ClF2N4O. The van der Waals surface area contributed by atoms with E-state index in [1.807, 2.05) is 30.6 Å². The van der Waals surface area contributed by atoms with Crippen LogP contribution in [0.5, 0.6) is 0 Å². The Balaban J connectivity index is 1.64. The summed E-state index contributed by atoms with van der Waals surface area (Å²) in [5, 5.41) is 4.50. The molecule has 1 aromatic carbocycles. The molecule has 1 atom stereocenters. The zero-order valence-electron chi connectivity index (χ0n) is 18.9. The Morgan fingerprint density at radius 3 is 2.76 bits per heavy atom. The number of hydrogen-bond donors (Lipinski definition) is 0. The molecule has 1 fully saturated rings. The molecule has 1 aliphatic rings. The van der Waals surface area contributed by atoms with Crippen LogP contribution in [-0.4, -0.2) is 26.4 Å². The van der Waals surface area contributed by atoms with Gasteiger partial charge in [-0.15, -0.1) is 0 Å². The zero-order chi connectivity index (χ0) is 23.7. The maximum Gasteiger partial charge on any atom is 0.150 e. The summed E-state index contributed by atoms with van der Waals surface area (Å²) in [5.41, 5.74) is 4.38. The van der Waals surface area contributed by atoms with Crippen molar-refractivity contribution in [3.8, 4) is 22.5 Å². The lowest BCUT2D eigenvalue weighted by atomic mass is 10.0. The molecule has 0 bridgehead atoms. The third-order valence-electron chi connectivity index (χ3n) is 6.14. The van der Waals surface area contributed by atoms with E-state index in [9.17, 15) is 8.78 Å². The van der Waals surface area contributed by atoms with Gasteiger partial charge in [0.2, 0.25) is 0 Å². The van der Waals surface area contributed by atoms with E-state index in [1.54, 1.807) is 4.68 Å². The minimum atomic E-state index is -0.811. The maximum absolute atomic E-state index is 14.9. The highest BCUT2D eigenvalue weighted by molar-refractivity contribution is 6.31. The van der Waals surface area contributed by atoms with E-state index in [1.165, 1.54) is 6.07 Å². The second-order valence-corrected chi connectivity index (χ2v) is 9.03. The van der Waals surface area contributed by atoms with E-state index in [0.29, 0.717) is 23.6 Å². The van der Waals surface area contributed by atoms with Gasteiger partial charge in [-0.2, -0.15) is 5.10 Å². The van der Waals surface area contributed by atoms with E-state index in [2.05, 4.69) is 17.0 Å². The first-order valence-electron chi connectivity index (χ1n) is 11.6. The van der Waals surface area contributed by atoms with Gasteiger partial charge < -0.3 is 4.74 Å². The summed E-state index contributed by atoms with van der Waals surface area (Å²) < 4.78 is 36.3. The highest BCUT2D eigenvalue weighted by Crippen LogP contribution is 2.36. The van der Waals surface area contributed by atoms with E-state index in [4.69, 9.17) is 21.3 Å². The number of nitrogens with zero attached hydrogens (tertiary/aromatic N) is 4. The lowest BCUT2D eigenvalue weighted by Gasteiger charge is -2.22. The summed E-state index contributed by atoms with van der Waals surface area (Å²) in [5.74, 6) is -1.55. The van der Waals surface area contributed by atoms with Crippen molar-refractivity contribution in [3.05, 3.63) is 64.9 Å². The van der Waals surface area contributed by atoms with Crippen LogP contribution in [0, 0.1) is 11.6 Å². The van der Waals surface area contributed by atoms with Crippen molar-refractivity contribution < 1.29 is 13.5 Å². The van der Waals surface area contributed by atoms with Crippen molar-refractivity contribution in [2.75, 3.05) is 6.61 Å². The molecule has 0 radical (unpaired) electrons. The third kappa shape index (κ3) is 4.55. The first-order valence-corrected chi connectivity index (χ1v) is 12.0. The van der Waals surface area contributed by atoms with E-state index in [-0.39, 0.29) is 16.8 Å². The van der Waals surface area contributed by atoms with Gasteiger partial charge in [0.1, 0.15) is 23.6 Å². The monoisotopic (exact) mass is 482 g/mol. The number of rotatable bonds is 6. The third-order valence-corrected chi connectivity index (χ3v) is 6.43. The SMILES string of the molecule is CCCCc1cnc2ccc(-c3cn(C4CCCCO4)nc3-c3cc(Cl)c(F)cc3F)nc2c1. The fourth-order valence-electron chi connectivity index (χ4n) is 4.28. The minimum Gasteiger partial charge on any atom is -0.357 e. The summed E-state index contributed by atoms with van der Waals surface area (Å²) in [6.45, 7) is 2.80. The van der Waals surface area contributed by atoms with Crippen molar-refractivity contribution in [2.45, 2.75) is 51.7 Å². The molecule has 1 unspecified atom stereocenters. The summed E-state index contributed by atoms with van der Waals surface area (Å²) in [6, 6.07) is 7.85. The van der Waals surface area contributed by atoms with Crippen LogP contribution in [0.2, 0.25) is 5.02 Å². The highest BCUT2D eigenvalue weighted by atomic mass is 35.5. The predicted octanol–water partition coefficient (Wildman–Crippen LogP) is 7.13. The van der Waals surface area contributed by atoms with Crippen LogP contribution >= 0.6 is 11.6 Å². The van der Waals surface area contributed by atoms with Crippen molar-refractivity contribution in [2.24, 2.45) is 0 Å². The second-order valence-electron chi connectivity index (χ2n) is 8.62. The molecule has 1 aliphatic heterocycles. The van der Waals surface area contributed by atoms with Crippen molar-refractivity contribution in [3.63, 3.8) is 0 Å². The summed E-state index contributed by atoms with van der Waals surface area (Å²) in [7, 11) is 0. The van der Waals surface area contributed by atoms with Gasteiger partial charge in [0.15, 0.2) is 0 Å². The summed E-state index contributed by atoms with van der Waals surface area (Å²) in [6.07, 6.45) is 9.41. The molecule has 0 aliphatic carbocycles. The average Bonchev–Trinajstić information content (AvgIpc) is 3.30. The molecule has 3 aromatic heterocycles. The van der Waals surface area contributed by atoms with Gasteiger partial charge in [0.05, 0.1) is 21.7 Å². The topological polar surface area (TPSA) is 52.8 Å². The Morgan fingerprint density at radius 2 is 1.97 bits per heavy atom. The largest absolute Gasteiger partial charge is 0.357 e. The molecular weight excluding hydrogens is 458 g/mol. The Morgan fingerprint density at radius 1 is 1.09 bits per heavy atom. The van der Waals surface area contributed by atoms with E-state index < -0.39 is 11.6 Å². The molecule has 8 heteroatoms. The van der Waals surface area contributed by atoms with Gasteiger partial charge in [0, 0.05) is 36.2 Å². The number of aromatic nitrogens is 4. The van der Waals surface area contributed by atoms with Gasteiger partial charge in [-0.1, -0.05) is 24.9 Å². The molecule has 176 valence electrons. The number of pyridine rings is 2. The Bertz CT molecular complexity index is 1330. The van der Waals surface area contributed by atoms with E-state index >= 15 is 0 Å². The lowest BCUT2D eigenvalue weighted by Crippen LogP contribution is -2.18. The molecule has 5 rings (SSSR count). The molecule has 4 aromatic rings. The second kappa shape index (κ2) is 9.76. The normalized spacial score (nSPS) is 16.3. The molecule has 4 heterocycles. The smallest absolute Gasteiger partial charge is 0.150 e. The fourth-order valence-corrected chi connectivity index (χ4v) is 4.44. The first-order chi connectivity index (χ1) is 16.5. The quantitative estimate of drug-likeness (QED) is 0.274. The van der Waals surface area contributed by atoms with Crippen molar-refractivity contribution >= 4 is 22.6 Å². The van der Waals surface area contributed by atoms with Gasteiger partial charge in [-0.3, -0.25) is 4.98 Å².